The monoisotopic (exact) mass is 411 g/mol. The van der Waals surface area contributed by atoms with Crippen molar-refractivity contribution < 1.29 is 23.8 Å². The van der Waals surface area contributed by atoms with Crippen molar-refractivity contribution >= 4 is 23.2 Å². The van der Waals surface area contributed by atoms with Crippen LogP contribution < -0.4 is 15.4 Å². The van der Waals surface area contributed by atoms with Crippen LogP contribution in [0.4, 0.5) is 5.69 Å². The third kappa shape index (κ3) is 6.66. The minimum Gasteiger partial charge on any atom is -0.497 e. The molecule has 0 unspecified atom stereocenters. The van der Waals surface area contributed by atoms with E-state index in [0.29, 0.717) is 11.4 Å². The van der Waals surface area contributed by atoms with Crippen molar-refractivity contribution in [2.45, 2.75) is 13.8 Å². The molecule has 0 atom stereocenters. The van der Waals surface area contributed by atoms with Gasteiger partial charge in [-0.05, 0) is 50.2 Å². The number of hydrogen-bond acceptors (Lipinski definition) is 8. The van der Waals surface area contributed by atoms with E-state index in [1.165, 1.54) is 12.4 Å². The van der Waals surface area contributed by atoms with E-state index in [4.69, 9.17) is 14.2 Å². The lowest BCUT2D eigenvalue weighted by Gasteiger charge is -2.11. The quantitative estimate of drug-likeness (QED) is 0.455. The van der Waals surface area contributed by atoms with E-state index in [1.807, 2.05) is 0 Å². The molecular weight excluding hydrogens is 386 g/mol. The van der Waals surface area contributed by atoms with Crippen LogP contribution in [0.1, 0.15) is 19.5 Å². The van der Waals surface area contributed by atoms with Crippen LogP contribution in [0.25, 0.3) is 5.57 Å². The Morgan fingerprint density at radius 1 is 0.967 bits per heavy atom. The third-order valence-electron chi connectivity index (χ3n) is 3.78. The summed E-state index contributed by atoms with van der Waals surface area (Å²) in [6.07, 6.45) is 4.39. The second-order valence-electron chi connectivity index (χ2n) is 5.79. The number of carbonyl (C=O) groups excluding carboxylic acids is 2. The Bertz CT molecular complexity index is 893. The average molecular weight is 411 g/mol. The number of carbonyl (C=O) groups is 2. The highest BCUT2D eigenvalue weighted by molar-refractivity contribution is 6.15. The standard InChI is InChI=1S/C22H25N3O5/c1-4-29-21(26)18(19-8-6-7-13-23-19)14-25-20(22(27)30-5-2)15-24-16-9-11-17(28-3)12-10-16/h6-15,24-25H,4-5H2,1-3H3/b18-14+,20-15+. The van der Waals surface area contributed by atoms with Gasteiger partial charge in [0.05, 0.1) is 26.0 Å². The minimum absolute atomic E-state index is 0.102. The van der Waals surface area contributed by atoms with Gasteiger partial charge in [0.15, 0.2) is 0 Å². The summed E-state index contributed by atoms with van der Waals surface area (Å²) in [7, 11) is 1.58. The van der Waals surface area contributed by atoms with Crippen LogP contribution in [0.2, 0.25) is 0 Å². The van der Waals surface area contributed by atoms with Gasteiger partial charge in [0, 0.05) is 24.3 Å². The van der Waals surface area contributed by atoms with Gasteiger partial charge in [-0.1, -0.05) is 6.07 Å². The summed E-state index contributed by atoms with van der Waals surface area (Å²) < 4.78 is 15.3. The van der Waals surface area contributed by atoms with Gasteiger partial charge in [-0.15, -0.1) is 0 Å². The van der Waals surface area contributed by atoms with Crippen molar-refractivity contribution in [3.05, 3.63) is 72.5 Å². The lowest BCUT2D eigenvalue weighted by molar-refractivity contribution is -0.139. The molecular formula is C22H25N3O5. The van der Waals surface area contributed by atoms with Crippen LogP contribution >= 0.6 is 0 Å². The van der Waals surface area contributed by atoms with Crippen molar-refractivity contribution in [2.75, 3.05) is 25.6 Å². The van der Waals surface area contributed by atoms with E-state index in [0.717, 1.165) is 5.69 Å². The topological polar surface area (TPSA) is 98.8 Å². The predicted molar refractivity (Wildman–Crippen MR) is 113 cm³/mol. The Hall–Kier alpha value is -3.81. The number of benzene rings is 1. The Kier molecular flexibility index (Phi) is 8.92. The fourth-order valence-corrected chi connectivity index (χ4v) is 2.33. The normalized spacial score (nSPS) is 11.4. The maximum absolute atomic E-state index is 12.4. The van der Waals surface area contributed by atoms with E-state index < -0.39 is 11.9 Å². The van der Waals surface area contributed by atoms with Crippen molar-refractivity contribution in [3.8, 4) is 5.75 Å². The van der Waals surface area contributed by atoms with E-state index in [-0.39, 0.29) is 24.5 Å². The van der Waals surface area contributed by atoms with Gasteiger partial charge >= 0.3 is 11.9 Å². The Balaban J connectivity index is 2.27. The molecule has 0 radical (unpaired) electrons. The zero-order valence-electron chi connectivity index (χ0n) is 17.2. The fourth-order valence-electron chi connectivity index (χ4n) is 2.33. The van der Waals surface area contributed by atoms with E-state index in [9.17, 15) is 9.59 Å². The summed E-state index contributed by atoms with van der Waals surface area (Å²) in [5, 5.41) is 5.84. The van der Waals surface area contributed by atoms with Crippen LogP contribution in [0, 0.1) is 0 Å². The number of pyridine rings is 1. The molecule has 0 saturated heterocycles. The molecule has 0 fully saturated rings. The second kappa shape index (κ2) is 11.9. The zero-order chi connectivity index (χ0) is 21.8. The van der Waals surface area contributed by atoms with Crippen molar-refractivity contribution in [2.24, 2.45) is 0 Å². The summed E-state index contributed by atoms with van der Waals surface area (Å²) in [4.78, 5) is 28.9. The van der Waals surface area contributed by atoms with Gasteiger partial charge in [-0.2, -0.15) is 0 Å². The Morgan fingerprint density at radius 2 is 1.67 bits per heavy atom. The molecule has 0 aliphatic heterocycles. The summed E-state index contributed by atoms with van der Waals surface area (Å²) in [6.45, 7) is 3.84. The highest BCUT2D eigenvalue weighted by Gasteiger charge is 2.16. The molecule has 1 aromatic carbocycles. The summed E-state index contributed by atoms with van der Waals surface area (Å²) in [5.41, 5.74) is 1.43. The highest BCUT2D eigenvalue weighted by Crippen LogP contribution is 2.16. The summed E-state index contributed by atoms with van der Waals surface area (Å²) in [5.74, 6) is -0.431. The summed E-state index contributed by atoms with van der Waals surface area (Å²) in [6, 6.07) is 12.3. The number of nitrogens with zero attached hydrogens (tertiary/aromatic N) is 1. The molecule has 158 valence electrons. The van der Waals surface area contributed by atoms with Crippen LogP contribution in [-0.4, -0.2) is 37.2 Å². The average Bonchev–Trinajstić information content (AvgIpc) is 2.77. The number of anilines is 1. The molecule has 8 heteroatoms. The number of ether oxygens (including phenoxy) is 3. The van der Waals surface area contributed by atoms with Gasteiger partial charge in [-0.3, -0.25) is 4.98 Å². The molecule has 0 saturated carbocycles. The maximum Gasteiger partial charge on any atom is 0.356 e. The number of nitrogens with one attached hydrogen (secondary N) is 2. The van der Waals surface area contributed by atoms with E-state index >= 15 is 0 Å². The first-order valence-corrected chi connectivity index (χ1v) is 9.42. The number of aromatic nitrogens is 1. The molecule has 1 aromatic heterocycles. The van der Waals surface area contributed by atoms with Crippen LogP contribution in [0.3, 0.4) is 0 Å². The van der Waals surface area contributed by atoms with E-state index in [1.54, 1.807) is 69.6 Å². The predicted octanol–water partition coefficient (Wildman–Crippen LogP) is 3.10. The van der Waals surface area contributed by atoms with Crippen molar-refractivity contribution in [1.82, 2.24) is 10.3 Å². The zero-order valence-corrected chi connectivity index (χ0v) is 17.2. The number of hydrogen-bond donors (Lipinski definition) is 2. The third-order valence-corrected chi connectivity index (χ3v) is 3.78. The van der Waals surface area contributed by atoms with Crippen LogP contribution in [-0.2, 0) is 19.1 Å². The van der Waals surface area contributed by atoms with Gasteiger partial charge in [0.2, 0.25) is 0 Å². The Labute approximate surface area is 175 Å². The molecule has 0 aliphatic rings. The van der Waals surface area contributed by atoms with Gasteiger partial charge in [-0.25, -0.2) is 9.59 Å². The number of esters is 2. The molecule has 2 rings (SSSR count). The van der Waals surface area contributed by atoms with Crippen LogP contribution in [0.5, 0.6) is 5.75 Å². The van der Waals surface area contributed by atoms with Gasteiger partial charge in [0.1, 0.15) is 17.0 Å². The molecule has 2 N–H and O–H groups in total. The van der Waals surface area contributed by atoms with Crippen LogP contribution in [0.15, 0.2) is 66.8 Å². The maximum atomic E-state index is 12.4. The molecule has 30 heavy (non-hydrogen) atoms. The van der Waals surface area contributed by atoms with Crippen molar-refractivity contribution in [1.29, 1.82) is 0 Å². The molecule has 8 nitrogen and oxygen atoms in total. The minimum atomic E-state index is -0.584. The van der Waals surface area contributed by atoms with Gasteiger partial charge < -0.3 is 24.8 Å². The molecule has 1 heterocycles. The largest absolute Gasteiger partial charge is 0.497 e. The fraction of sp³-hybridized carbons (Fsp3) is 0.227. The molecule has 0 amide bonds. The molecule has 0 aliphatic carbocycles. The smallest absolute Gasteiger partial charge is 0.356 e. The molecule has 2 aromatic rings. The first-order valence-electron chi connectivity index (χ1n) is 9.42. The first kappa shape index (κ1) is 22.5. The van der Waals surface area contributed by atoms with Crippen molar-refractivity contribution in [3.63, 3.8) is 0 Å². The summed E-state index contributed by atoms with van der Waals surface area (Å²) >= 11 is 0. The Morgan fingerprint density at radius 3 is 2.27 bits per heavy atom. The SMILES string of the molecule is CCOC(=O)/C(=C\Nc1ccc(OC)cc1)N/C=C(/C(=O)OCC)c1ccccn1. The highest BCUT2D eigenvalue weighted by atomic mass is 16.5. The first-order chi connectivity index (χ1) is 14.6. The number of rotatable bonds is 10. The second-order valence-corrected chi connectivity index (χ2v) is 5.79. The number of methoxy groups -OCH3 is 1. The van der Waals surface area contributed by atoms with E-state index in [2.05, 4.69) is 15.6 Å². The molecule has 0 spiro atoms. The van der Waals surface area contributed by atoms with Gasteiger partial charge in [0.25, 0.3) is 0 Å². The molecule has 0 bridgehead atoms. The lowest BCUT2D eigenvalue weighted by atomic mass is 10.2. The lowest BCUT2D eigenvalue weighted by Crippen LogP contribution is -2.21.